The van der Waals surface area contributed by atoms with Gasteiger partial charge in [-0.2, -0.15) is 5.10 Å². The number of benzene rings is 2. The molecule has 1 aromatic heterocycles. The average molecular weight is 446 g/mol. The van der Waals surface area contributed by atoms with Crippen LogP contribution in [0.15, 0.2) is 60.9 Å². The molecule has 0 spiro atoms. The summed E-state index contributed by atoms with van der Waals surface area (Å²) in [6, 6.07) is 13.7. The second-order valence-corrected chi connectivity index (χ2v) is 7.92. The maximum Gasteiger partial charge on any atom is 0.261 e. The smallest absolute Gasteiger partial charge is 0.261 e. The number of hydrogen-bond donors (Lipinski definition) is 1. The van der Waals surface area contributed by atoms with Crippen LogP contribution in [0.3, 0.4) is 0 Å². The number of fused-ring (bicyclic) bond motifs is 1. The van der Waals surface area contributed by atoms with Gasteiger partial charge in [0.25, 0.3) is 17.7 Å². The molecule has 2 heterocycles. The summed E-state index contributed by atoms with van der Waals surface area (Å²) in [7, 11) is 0. The fraction of sp³-hybridized carbons (Fsp3) is 0.280. The van der Waals surface area contributed by atoms with E-state index in [2.05, 4.69) is 29.2 Å². The highest BCUT2D eigenvalue weighted by Gasteiger charge is 2.35. The number of anilines is 1. The molecular weight excluding hydrogens is 418 g/mol. The molecule has 8 nitrogen and oxygen atoms in total. The van der Waals surface area contributed by atoms with E-state index in [1.54, 1.807) is 54.7 Å². The summed E-state index contributed by atoms with van der Waals surface area (Å²) < 4.78 is 1.81. The van der Waals surface area contributed by atoms with Crippen LogP contribution in [-0.2, 0) is 13.1 Å². The van der Waals surface area contributed by atoms with Crippen LogP contribution in [0.2, 0.25) is 0 Å². The van der Waals surface area contributed by atoms with E-state index in [0.29, 0.717) is 27.9 Å². The lowest BCUT2D eigenvalue weighted by atomic mass is 10.1. The van der Waals surface area contributed by atoms with E-state index in [0.717, 1.165) is 26.2 Å². The SMILES string of the molecule is CCN(CC)CCn1cc(NC(=O)c2cccc(CN3C(=O)c4ccccc4C3=O)c2)cn1. The van der Waals surface area contributed by atoms with E-state index < -0.39 is 0 Å². The van der Waals surface area contributed by atoms with Gasteiger partial charge in [-0.15, -0.1) is 0 Å². The molecule has 0 saturated heterocycles. The van der Waals surface area contributed by atoms with Gasteiger partial charge in [0.2, 0.25) is 0 Å². The van der Waals surface area contributed by atoms with E-state index in [4.69, 9.17) is 0 Å². The van der Waals surface area contributed by atoms with E-state index in [1.807, 2.05) is 10.9 Å². The molecule has 0 atom stereocenters. The van der Waals surface area contributed by atoms with Crippen molar-refractivity contribution >= 4 is 23.4 Å². The zero-order valence-electron chi connectivity index (χ0n) is 18.8. The van der Waals surface area contributed by atoms with Gasteiger partial charge in [-0.25, -0.2) is 0 Å². The fourth-order valence-corrected chi connectivity index (χ4v) is 3.91. The minimum Gasteiger partial charge on any atom is -0.319 e. The van der Waals surface area contributed by atoms with Crippen LogP contribution in [0, 0.1) is 0 Å². The predicted molar refractivity (Wildman–Crippen MR) is 125 cm³/mol. The lowest BCUT2D eigenvalue weighted by Gasteiger charge is -2.17. The van der Waals surface area contributed by atoms with Gasteiger partial charge >= 0.3 is 0 Å². The Bertz CT molecular complexity index is 1150. The molecule has 8 heteroatoms. The second kappa shape index (κ2) is 9.79. The maximum atomic E-state index is 12.8. The molecule has 170 valence electrons. The van der Waals surface area contributed by atoms with Crippen LogP contribution in [0.25, 0.3) is 0 Å². The molecule has 0 bridgehead atoms. The van der Waals surface area contributed by atoms with Gasteiger partial charge < -0.3 is 10.2 Å². The third-order valence-corrected chi connectivity index (χ3v) is 5.84. The first-order chi connectivity index (χ1) is 16.0. The molecule has 3 amide bonds. The van der Waals surface area contributed by atoms with Crippen LogP contribution in [0.4, 0.5) is 5.69 Å². The maximum absolute atomic E-state index is 12.8. The molecule has 0 saturated carbocycles. The third-order valence-electron chi connectivity index (χ3n) is 5.84. The summed E-state index contributed by atoms with van der Waals surface area (Å²) in [6.07, 6.45) is 3.44. The van der Waals surface area contributed by atoms with Crippen LogP contribution >= 0.6 is 0 Å². The van der Waals surface area contributed by atoms with Crippen molar-refractivity contribution in [3.63, 3.8) is 0 Å². The lowest BCUT2D eigenvalue weighted by Crippen LogP contribution is -2.29. The Kier molecular flexibility index (Phi) is 6.65. The van der Waals surface area contributed by atoms with Crippen molar-refractivity contribution in [3.8, 4) is 0 Å². The minimum absolute atomic E-state index is 0.108. The first-order valence-electron chi connectivity index (χ1n) is 11.1. The standard InChI is InChI=1S/C25H27N5O3/c1-3-28(4-2)12-13-29-17-20(15-26-29)27-23(31)19-9-7-8-18(14-19)16-30-24(32)21-10-5-6-11-22(21)25(30)33/h5-11,14-15,17H,3-4,12-13,16H2,1-2H3,(H,27,31). The van der Waals surface area contributed by atoms with Gasteiger partial charge in [-0.05, 0) is 42.9 Å². The molecule has 33 heavy (non-hydrogen) atoms. The number of aromatic nitrogens is 2. The van der Waals surface area contributed by atoms with E-state index in [1.165, 1.54) is 4.90 Å². The summed E-state index contributed by atoms with van der Waals surface area (Å²) in [5.41, 5.74) is 2.58. The molecule has 0 unspecified atom stereocenters. The number of amides is 3. The lowest BCUT2D eigenvalue weighted by molar-refractivity contribution is 0.0642. The molecule has 1 aliphatic heterocycles. The first-order valence-corrected chi connectivity index (χ1v) is 11.1. The second-order valence-electron chi connectivity index (χ2n) is 7.92. The number of hydrogen-bond acceptors (Lipinski definition) is 5. The van der Waals surface area contributed by atoms with Crippen LogP contribution in [0.1, 0.15) is 50.5 Å². The highest BCUT2D eigenvalue weighted by molar-refractivity contribution is 6.21. The highest BCUT2D eigenvalue weighted by Crippen LogP contribution is 2.24. The van der Waals surface area contributed by atoms with Crippen molar-refractivity contribution in [2.75, 3.05) is 25.0 Å². The topological polar surface area (TPSA) is 87.5 Å². The minimum atomic E-state index is -0.317. The number of carbonyl (C=O) groups is 3. The molecule has 0 radical (unpaired) electrons. The van der Waals surface area contributed by atoms with Crippen molar-refractivity contribution in [2.45, 2.75) is 26.9 Å². The molecule has 3 aromatic rings. The summed E-state index contributed by atoms with van der Waals surface area (Å²) in [5.74, 6) is -0.910. The van der Waals surface area contributed by atoms with Gasteiger partial charge in [0.1, 0.15) is 0 Å². The molecule has 1 aliphatic rings. The van der Waals surface area contributed by atoms with Crippen molar-refractivity contribution in [1.82, 2.24) is 19.6 Å². The molecule has 2 aromatic carbocycles. The van der Waals surface area contributed by atoms with Crippen molar-refractivity contribution in [2.24, 2.45) is 0 Å². The number of rotatable bonds is 9. The van der Waals surface area contributed by atoms with Crippen molar-refractivity contribution in [3.05, 3.63) is 83.2 Å². The predicted octanol–water partition coefficient (Wildman–Crippen LogP) is 3.27. The van der Waals surface area contributed by atoms with Gasteiger partial charge in [-0.1, -0.05) is 38.1 Å². The van der Waals surface area contributed by atoms with Crippen molar-refractivity contribution < 1.29 is 14.4 Å². The molecule has 1 N–H and O–H groups in total. The summed E-state index contributed by atoms with van der Waals surface area (Å²) in [5, 5.41) is 7.18. The zero-order valence-corrected chi connectivity index (χ0v) is 18.8. The van der Waals surface area contributed by atoms with Crippen LogP contribution in [-0.4, -0.2) is 56.9 Å². The quantitative estimate of drug-likeness (QED) is 0.511. The van der Waals surface area contributed by atoms with Gasteiger partial charge in [0, 0.05) is 18.3 Å². The first kappa shape index (κ1) is 22.4. The number of nitrogens with zero attached hydrogens (tertiary/aromatic N) is 4. The van der Waals surface area contributed by atoms with Gasteiger partial charge in [0.15, 0.2) is 0 Å². The Hall–Kier alpha value is -3.78. The van der Waals surface area contributed by atoms with Crippen molar-refractivity contribution in [1.29, 1.82) is 0 Å². The summed E-state index contributed by atoms with van der Waals surface area (Å²) >= 11 is 0. The van der Waals surface area contributed by atoms with Crippen LogP contribution < -0.4 is 5.32 Å². The third kappa shape index (κ3) is 4.85. The van der Waals surface area contributed by atoms with Gasteiger partial charge in [0.05, 0.1) is 36.1 Å². The van der Waals surface area contributed by atoms with E-state index in [-0.39, 0.29) is 24.3 Å². The fourth-order valence-electron chi connectivity index (χ4n) is 3.91. The number of imide groups is 1. The number of nitrogens with one attached hydrogen (secondary N) is 1. The Morgan fingerprint density at radius 1 is 1.00 bits per heavy atom. The largest absolute Gasteiger partial charge is 0.319 e. The van der Waals surface area contributed by atoms with Crippen LogP contribution in [0.5, 0.6) is 0 Å². The highest BCUT2D eigenvalue weighted by atomic mass is 16.2. The summed E-state index contributed by atoms with van der Waals surface area (Å²) in [6.45, 7) is 7.96. The molecule has 0 fully saturated rings. The van der Waals surface area contributed by atoms with E-state index >= 15 is 0 Å². The normalized spacial score (nSPS) is 13.0. The molecule has 0 aliphatic carbocycles. The van der Waals surface area contributed by atoms with E-state index in [9.17, 15) is 14.4 Å². The molecule has 4 rings (SSSR count). The number of carbonyl (C=O) groups excluding carboxylic acids is 3. The van der Waals surface area contributed by atoms with Gasteiger partial charge in [-0.3, -0.25) is 24.0 Å². The Morgan fingerprint density at radius 3 is 2.36 bits per heavy atom. The Balaban J connectivity index is 1.40. The summed E-state index contributed by atoms with van der Waals surface area (Å²) in [4.78, 5) is 41.5. The Morgan fingerprint density at radius 2 is 1.70 bits per heavy atom. The number of likely N-dealkylation sites (N-methyl/N-ethyl adjacent to an activating group) is 1. The Labute approximate surface area is 192 Å². The average Bonchev–Trinajstić information content (AvgIpc) is 3.38. The zero-order chi connectivity index (χ0) is 23.4. The monoisotopic (exact) mass is 445 g/mol. The molecular formula is C25H27N5O3.